The molecule has 17 heavy (non-hydrogen) atoms. The summed E-state index contributed by atoms with van der Waals surface area (Å²) in [6.07, 6.45) is 2.01. The molecule has 0 aromatic heterocycles. The van der Waals surface area contributed by atoms with Crippen LogP contribution in [0.15, 0.2) is 0 Å². The molecule has 0 heterocycles. The van der Waals surface area contributed by atoms with Crippen molar-refractivity contribution in [3.63, 3.8) is 0 Å². The van der Waals surface area contributed by atoms with Crippen molar-refractivity contribution < 1.29 is 9.90 Å². The van der Waals surface area contributed by atoms with E-state index in [0.29, 0.717) is 18.9 Å². The Morgan fingerprint density at radius 2 is 2.06 bits per heavy atom. The summed E-state index contributed by atoms with van der Waals surface area (Å²) in [6, 6.07) is 0.689. The first-order valence-corrected chi connectivity index (χ1v) is 6.32. The Hall–Kier alpha value is -0.610. The minimum atomic E-state index is -1.02. The van der Waals surface area contributed by atoms with Crippen LogP contribution in [-0.2, 0) is 4.79 Å². The number of carboxylic acid groups (broad SMARTS) is 1. The van der Waals surface area contributed by atoms with Crippen LogP contribution in [-0.4, -0.2) is 40.6 Å². The van der Waals surface area contributed by atoms with Gasteiger partial charge in [0.1, 0.15) is 5.54 Å². The highest BCUT2D eigenvalue weighted by molar-refractivity contribution is 5.79. The van der Waals surface area contributed by atoms with Crippen LogP contribution in [0.1, 0.15) is 47.0 Å². The van der Waals surface area contributed by atoms with Crippen molar-refractivity contribution in [2.75, 3.05) is 7.05 Å². The summed E-state index contributed by atoms with van der Waals surface area (Å²) in [6.45, 7) is 8.80. The fourth-order valence-corrected chi connectivity index (χ4v) is 2.52. The Kier molecular flexibility index (Phi) is 3.89. The van der Waals surface area contributed by atoms with E-state index in [4.69, 9.17) is 10.8 Å². The summed E-state index contributed by atoms with van der Waals surface area (Å²) in [5.74, 6) is -0.864. The maximum Gasteiger partial charge on any atom is 0.323 e. The number of hydrogen-bond acceptors (Lipinski definition) is 3. The molecule has 4 heteroatoms. The van der Waals surface area contributed by atoms with Crippen LogP contribution in [0.5, 0.6) is 0 Å². The van der Waals surface area contributed by atoms with E-state index in [1.165, 1.54) is 0 Å². The van der Waals surface area contributed by atoms with Gasteiger partial charge in [-0.15, -0.1) is 0 Å². The van der Waals surface area contributed by atoms with E-state index in [2.05, 4.69) is 39.6 Å². The number of carboxylic acids is 1. The Bertz CT molecular complexity index is 298. The van der Waals surface area contributed by atoms with E-state index in [-0.39, 0.29) is 11.5 Å². The zero-order valence-corrected chi connectivity index (χ0v) is 11.7. The van der Waals surface area contributed by atoms with Gasteiger partial charge in [0.2, 0.25) is 0 Å². The molecule has 0 spiro atoms. The van der Waals surface area contributed by atoms with E-state index in [1.54, 1.807) is 0 Å². The third-order valence-corrected chi connectivity index (χ3v) is 4.39. The summed E-state index contributed by atoms with van der Waals surface area (Å²) in [5, 5.41) is 9.13. The van der Waals surface area contributed by atoms with Gasteiger partial charge in [0, 0.05) is 12.1 Å². The third kappa shape index (κ3) is 2.99. The lowest BCUT2D eigenvalue weighted by molar-refractivity contribution is -0.143. The van der Waals surface area contributed by atoms with E-state index >= 15 is 0 Å². The highest BCUT2D eigenvalue weighted by atomic mass is 16.4. The summed E-state index contributed by atoms with van der Waals surface area (Å²) < 4.78 is 0. The predicted octanol–water partition coefficient (Wildman–Crippen LogP) is 1.69. The van der Waals surface area contributed by atoms with Crippen molar-refractivity contribution in [1.82, 2.24) is 4.90 Å². The quantitative estimate of drug-likeness (QED) is 0.790. The monoisotopic (exact) mass is 242 g/mol. The molecule has 3 N–H and O–H groups in total. The van der Waals surface area contributed by atoms with E-state index in [1.807, 2.05) is 0 Å². The molecule has 3 unspecified atom stereocenters. The van der Waals surface area contributed by atoms with Gasteiger partial charge in [0.15, 0.2) is 0 Å². The van der Waals surface area contributed by atoms with Gasteiger partial charge in [-0.25, -0.2) is 0 Å². The number of aliphatic carboxylic acids is 1. The molecule has 1 fully saturated rings. The van der Waals surface area contributed by atoms with E-state index in [9.17, 15) is 4.79 Å². The van der Waals surface area contributed by atoms with Crippen LogP contribution in [0.2, 0.25) is 0 Å². The number of rotatable bonds is 3. The van der Waals surface area contributed by atoms with Crippen molar-refractivity contribution in [2.45, 2.75) is 64.6 Å². The standard InChI is InChI=1S/C13H26N2O2/c1-9(12(2,3)4)15(5)10-6-7-13(14,8-10)11(16)17/h9-10H,6-8,14H2,1-5H3,(H,16,17). The third-order valence-electron chi connectivity index (χ3n) is 4.39. The lowest BCUT2D eigenvalue weighted by Gasteiger charge is -2.39. The molecule has 0 aliphatic heterocycles. The summed E-state index contributed by atoms with van der Waals surface area (Å²) >= 11 is 0. The van der Waals surface area contributed by atoms with Gasteiger partial charge in [-0.05, 0) is 38.6 Å². The van der Waals surface area contributed by atoms with Crippen LogP contribution in [0.3, 0.4) is 0 Å². The van der Waals surface area contributed by atoms with Gasteiger partial charge in [0.25, 0.3) is 0 Å². The Morgan fingerprint density at radius 1 is 1.53 bits per heavy atom. The molecule has 3 atom stereocenters. The fourth-order valence-electron chi connectivity index (χ4n) is 2.52. The number of nitrogens with zero attached hydrogens (tertiary/aromatic N) is 1. The van der Waals surface area contributed by atoms with Gasteiger partial charge in [-0.2, -0.15) is 0 Å². The lowest BCUT2D eigenvalue weighted by atomic mass is 9.86. The molecular weight excluding hydrogens is 216 g/mol. The molecule has 0 bridgehead atoms. The molecule has 0 aromatic carbocycles. The van der Waals surface area contributed by atoms with Crippen molar-refractivity contribution in [1.29, 1.82) is 0 Å². The zero-order valence-electron chi connectivity index (χ0n) is 11.7. The SMILES string of the molecule is CC(N(C)C1CCC(N)(C(=O)O)C1)C(C)(C)C. The second-order valence-corrected chi connectivity index (χ2v) is 6.57. The highest BCUT2D eigenvalue weighted by Crippen LogP contribution is 2.34. The number of carbonyl (C=O) groups is 1. The maximum absolute atomic E-state index is 11.1. The largest absolute Gasteiger partial charge is 0.480 e. The Morgan fingerprint density at radius 3 is 2.41 bits per heavy atom. The maximum atomic E-state index is 11.1. The van der Waals surface area contributed by atoms with Gasteiger partial charge in [-0.1, -0.05) is 20.8 Å². The van der Waals surface area contributed by atoms with Crippen LogP contribution in [0, 0.1) is 5.41 Å². The molecule has 1 rings (SSSR count). The average Bonchev–Trinajstić information content (AvgIpc) is 2.59. The molecule has 0 radical (unpaired) electrons. The van der Waals surface area contributed by atoms with E-state index in [0.717, 1.165) is 6.42 Å². The van der Waals surface area contributed by atoms with Crippen molar-refractivity contribution in [2.24, 2.45) is 11.1 Å². The normalized spacial score (nSPS) is 31.8. The van der Waals surface area contributed by atoms with Crippen LogP contribution in [0.25, 0.3) is 0 Å². The molecule has 1 saturated carbocycles. The van der Waals surface area contributed by atoms with Gasteiger partial charge in [0.05, 0.1) is 0 Å². The van der Waals surface area contributed by atoms with Gasteiger partial charge in [-0.3, -0.25) is 4.79 Å². The second kappa shape index (κ2) is 4.58. The minimum Gasteiger partial charge on any atom is -0.480 e. The molecule has 1 aliphatic rings. The lowest BCUT2D eigenvalue weighted by Crippen LogP contribution is -2.49. The van der Waals surface area contributed by atoms with Gasteiger partial charge >= 0.3 is 5.97 Å². The molecular formula is C13H26N2O2. The molecule has 0 saturated heterocycles. The van der Waals surface area contributed by atoms with Crippen LogP contribution in [0.4, 0.5) is 0 Å². The summed E-state index contributed by atoms with van der Waals surface area (Å²) in [7, 11) is 2.08. The Balaban J connectivity index is 2.69. The smallest absolute Gasteiger partial charge is 0.323 e. The zero-order chi connectivity index (χ0) is 13.4. The highest BCUT2D eigenvalue weighted by Gasteiger charge is 2.44. The molecule has 4 nitrogen and oxygen atoms in total. The molecule has 0 aromatic rings. The summed E-state index contributed by atoms with van der Waals surface area (Å²) in [4.78, 5) is 13.4. The average molecular weight is 242 g/mol. The second-order valence-electron chi connectivity index (χ2n) is 6.57. The first-order chi connectivity index (χ1) is 7.58. The van der Waals surface area contributed by atoms with Crippen LogP contribution >= 0.6 is 0 Å². The minimum absolute atomic E-state index is 0.192. The fraction of sp³-hybridized carbons (Fsp3) is 0.923. The molecule has 1 aliphatic carbocycles. The number of hydrogen-bond donors (Lipinski definition) is 2. The first-order valence-electron chi connectivity index (χ1n) is 6.32. The molecule has 100 valence electrons. The predicted molar refractivity (Wildman–Crippen MR) is 68.9 cm³/mol. The van der Waals surface area contributed by atoms with Crippen molar-refractivity contribution in [3.8, 4) is 0 Å². The van der Waals surface area contributed by atoms with E-state index < -0.39 is 11.5 Å². The first kappa shape index (κ1) is 14.5. The van der Waals surface area contributed by atoms with Gasteiger partial charge < -0.3 is 15.7 Å². The van der Waals surface area contributed by atoms with Crippen LogP contribution < -0.4 is 5.73 Å². The van der Waals surface area contributed by atoms with Crippen molar-refractivity contribution in [3.05, 3.63) is 0 Å². The number of nitrogens with two attached hydrogens (primary N) is 1. The topological polar surface area (TPSA) is 66.6 Å². The summed E-state index contributed by atoms with van der Waals surface area (Å²) in [5.41, 5.74) is 5.09. The Labute approximate surface area is 104 Å². The molecule has 0 amide bonds. The van der Waals surface area contributed by atoms with Crippen molar-refractivity contribution >= 4 is 5.97 Å².